The highest BCUT2D eigenvalue weighted by Crippen LogP contribution is 2.46. The first kappa shape index (κ1) is 19.1. The summed E-state index contributed by atoms with van der Waals surface area (Å²) < 4.78 is 0. The molecule has 1 aliphatic rings. The number of Topliss-reactive ketones (excluding diaryl/α,β-unsaturated/α-hetero) is 1. The number of para-hydroxylation sites is 1. The third-order valence-electron chi connectivity index (χ3n) is 5.72. The molecule has 0 fully saturated rings. The van der Waals surface area contributed by atoms with E-state index in [1.165, 1.54) is 0 Å². The molecule has 1 N–H and O–H groups in total. The van der Waals surface area contributed by atoms with E-state index in [0.29, 0.717) is 23.4 Å². The molecule has 0 aliphatic carbocycles. The van der Waals surface area contributed by atoms with Crippen LogP contribution in [-0.4, -0.2) is 16.8 Å². The third kappa shape index (κ3) is 3.15. The smallest absolute Gasteiger partial charge is 0.264 e. The van der Waals surface area contributed by atoms with Crippen molar-refractivity contribution in [3.63, 3.8) is 0 Å². The number of aliphatic hydroxyl groups is 1. The van der Waals surface area contributed by atoms with Gasteiger partial charge in [0.25, 0.3) is 5.91 Å². The number of benzene rings is 3. The Kier molecular flexibility index (Phi) is 4.81. The number of hydrogen-bond acceptors (Lipinski definition) is 3. The summed E-state index contributed by atoms with van der Waals surface area (Å²) in [5, 5.41) is 11.6. The molecule has 2 atom stereocenters. The predicted molar refractivity (Wildman–Crippen MR) is 113 cm³/mol. The van der Waals surface area contributed by atoms with Gasteiger partial charge in [0.05, 0.1) is 18.2 Å². The highest BCUT2D eigenvalue weighted by Gasteiger charge is 2.55. The molecule has 1 aliphatic heterocycles. The highest BCUT2D eigenvalue weighted by atomic mass is 16.3. The topological polar surface area (TPSA) is 57.6 Å². The van der Waals surface area contributed by atoms with Crippen LogP contribution in [0.1, 0.15) is 34.0 Å². The van der Waals surface area contributed by atoms with E-state index in [-0.39, 0.29) is 5.78 Å². The summed E-state index contributed by atoms with van der Waals surface area (Å²) in [6.07, 6.45) is 0. The summed E-state index contributed by atoms with van der Waals surface area (Å²) in [6, 6.07) is 23.9. The van der Waals surface area contributed by atoms with Crippen LogP contribution in [0.5, 0.6) is 0 Å². The molecule has 0 radical (unpaired) electrons. The lowest BCUT2D eigenvalue weighted by Crippen LogP contribution is -2.47. The number of carbonyl (C=O) groups excluding carboxylic acids is 2. The van der Waals surface area contributed by atoms with Crippen molar-refractivity contribution >= 4 is 17.4 Å². The summed E-state index contributed by atoms with van der Waals surface area (Å²) >= 11 is 0. The first-order chi connectivity index (χ1) is 13.9. The SMILES string of the molecule is Cc1ccc(CN2C(=O)C(O)(C(C)C(=O)c3ccccc3)c3ccccc32)cc1. The van der Waals surface area contributed by atoms with E-state index in [2.05, 4.69) is 0 Å². The maximum atomic E-state index is 13.5. The Hall–Kier alpha value is -3.24. The van der Waals surface area contributed by atoms with E-state index in [9.17, 15) is 14.7 Å². The zero-order valence-corrected chi connectivity index (χ0v) is 16.5. The van der Waals surface area contributed by atoms with Crippen molar-refractivity contribution in [2.45, 2.75) is 26.0 Å². The average molecular weight is 385 g/mol. The van der Waals surface area contributed by atoms with Crippen molar-refractivity contribution in [2.75, 3.05) is 4.90 Å². The minimum Gasteiger partial charge on any atom is -0.375 e. The molecule has 0 spiro atoms. The van der Waals surface area contributed by atoms with Gasteiger partial charge in [-0.3, -0.25) is 9.59 Å². The van der Waals surface area contributed by atoms with Crippen LogP contribution in [0.4, 0.5) is 5.69 Å². The van der Waals surface area contributed by atoms with Gasteiger partial charge in [-0.05, 0) is 18.6 Å². The lowest BCUT2D eigenvalue weighted by molar-refractivity contribution is -0.139. The fraction of sp³-hybridized carbons (Fsp3) is 0.200. The standard InChI is InChI=1S/C25H23NO3/c1-17-12-14-19(15-13-17)16-26-22-11-7-6-10-21(22)25(29,24(26)28)18(2)23(27)20-8-4-3-5-9-20/h3-15,18,29H,16H2,1-2H3. The lowest BCUT2D eigenvalue weighted by Gasteiger charge is -2.28. The number of aryl methyl sites for hydroxylation is 1. The van der Waals surface area contributed by atoms with Crippen molar-refractivity contribution in [3.8, 4) is 0 Å². The first-order valence-electron chi connectivity index (χ1n) is 9.71. The number of ketones is 1. The Morgan fingerprint density at radius 1 is 0.966 bits per heavy atom. The Morgan fingerprint density at radius 2 is 1.59 bits per heavy atom. The van der Waals surface area contributed by atoms with E-state index < -0.39 is 17.4 Å². The van der Waals surface area contributed by atoms with E-state index in [4.69, 9.17) is 0 Å². The number of nitrogens with zero attached hydrogens (tertiary/aromatic N) is 1. The van der Waals surface area contributed by atoms with E-state index in [1.807, 2.05) is 49.4 Å². The van der Waals surface area contributed by atoms with E-state index >= 15 is 0 Å². The lowest BCUT2D eigenvalue weighted by atomic mass is 9.79. The Balaban J connectivity index is 1.73. The maximum Gasteiger partial charge on any atom is 0.264 e. The number of amides is 1. The Labute approximate surface area is 170 Å². The molecule has 4 rings (SSSR count). The molecule has 29 heavy (non-hydrogen) atoms. The number of carbonyl (C=O) groups is 2. The molecular formula is C25H23NO3. The van der Waals surface area contributed by atoms with Crippen molar-refractivity contribution < 1.29 is 14.7 Å². The molecule has 0 aromatic heterocycles. The normalized spacial score (nSPS) is 19.1. The molecule has 0 saturated carbocycles. The maximum absolute atomic E-state index is 13.5. The van der Waals surface area contributed by atoms with Gasteiger partial charge in [-0.15, -0.1) is 0 Å². The van der Waals surface area contributed by atoms with Gasteiger partial charge in [0.15, 0.2) is 11.4 Å². The van der Waals surface area contributed by atoms with Crippen molar-refractivity contribution in [1.82, 2.24) is 0 Å². The average Bonchev–Trinajstić information content (AvgIpc) is 2.97. The summed E-state index contributed by atoms with van der Waals surface area (Å²) in [6.45, 7) is 3.97. The van der Waals surface area contributed by atoms with Crippen LogP contribution in [0.15, 0.2) is 78.9 Å². The predicted octanol–water partition coefficient (Wildman–Crippen LogP) is 4.25. The summed E-state index contributed by atoms with van der Waals surface area (Å²) in [5.41, 5.74) is 1.82. The van der Waals surface area contributed by atoms with Crippen LogP contribution >= 0.6 is 0 Å². The second kappa shape index (κ2) is 7.30. The number of fused-ring (bicyclic) bond motifs is 1. The molecule has 3 aromatic carbocycles. The molecule has 1 heterocycles. The first-order valence-corrected chi connectivity index (χ1v) is 9.71. The highest BCUT2D eigenvalue weighted by molar-refractivity contribution is 6.11. The molecule has 0 saturated heterocycles. The van der Waals surface area contributed by atoms with Gasteiger partial charge in [0.1, 0.15) is 0 Å². The van der Waals surface area contributed by atoms with Gasteiger partial charge in [0, 0.05) is 11.1 Å². The zero-order valence-electron chi connectivity index (χ0n) is 16.5. The summed E-state index contributed by atoms with van der Waals surface area (Å²) in [4.78, 5) is 28.1. The fourth-order valence-electron chi connectivity index (χ4n) is 3.96. The molecule has 3 aromatic rings. The molecule has 146 valence electrons. The van der Waals surface area contributed by atoms with Crippen molar-refractivity contribution in [3.05, 3.63) is 101 Å². The zero-order chi connectivity index (χ0) is 20.6. The Bertz CT molecular complexity index is 1060. The van der Waals surface area contributed by atoms with Gasteiger partial charge in [-0.1, -0.05) is 85.3 Å². The van der Waals surface area contributed by atoms with Gasteiger partial charge < -0.3 is 10.0 Å². The van der Waals surface area contributed by atoms with E-state index in [1.54, 1.807) is 48.2 Å². The van der Waals surface area contributed by atoms with Crippen molar-refractivity contribution in [1.29, 1.82) is 0 Å². The summed E-state index contributed by atoms with van der Waals surface area (Å²) in [7, 11) is 0. The molecule has 1 amide bonds. The van der Waals surface area contributed by atoms with Crippen molar-refractivity contribution in [2.24, 2.45) is 5.92 Å². The molecule has 0 bridgehead atoms. The van der Waals surface area contributed by atoms with Gasteiger partial charge in [0.2, 0.25) is 0 Å². The van der Waals surface area contributed by atoms with Gasteiger partial charge >= 0.3 is 0 Å². The molecule has 4 heteroatoms. The fourth-order valence-corrected chi connectivity index (χ4v) is 3.96. The number of hydrogen-bond donors (Lipinski definition) is 1. The second-order valence-corrected chi connectivity index (χ2v) is 7.61. The minimum atomic E-state index is -1.89. The quantitative estimate of drug-likeness (QED) is 0.668. The van der Waals surface area contributed by atoms with Crippen LogP contribution in [0, 0.1) is 12.8 Å². The monoisotopic (exact) mass is 385 g/mol. The van der Waals surface area contributed by atoms with E-state index in [0.717, 1.165) is 11.1 Å². The third-order valence-corrected chi connectivity index (χ3v) is 5.72. The van der Waals surface area contributed by atoms with Crippen LogP contribution < -0.4 is 4.90 Å². The largest absolute Gasteiger partial charge is 0.375 e. The van der Waals surface area contributed by atoms with Crippen LogP contribution in [0.25, 0.3) is 0 Å². The molecule has 2 unspecified atom stereocenters. The number of rotatable bonds is 5. The summed E-state index contributed by atoms with van der Waals surface area (Å²) in [5.74, 6) is -1.63. The van der Waals surface area contributed by atoms with Gasteiger partial charge in [-0.25, -0.2) is 0 Å². The van der Waals surface area contributed by atoms with Gasteiger partial charge in [-0.2, -0.15) is 0 Å². The number of anilines is 1. The molecule has 4 nitrogen and oxygen atoms in total. The minimum absolute atomic E-state index is 0.256. The Morgan fingerprint density at radius 3 is 2.28 bits per heavy atom. The van der Waals surface area contributed by atoms with Crippen LogP contribution in [0.3, 0.4) is 0 Å². The van der Waals surface area contributed by atoms with Crippen LogP contribution in [-0.2, 0) is 16.9 Å². The van der Waals surface area contributed by atoms with Crippen LogP contribution in [0.2, 0.25) is 0 Å². The second-order valence-electron chi connectivity index (χ2n) is 7.61. The molecular weight excluding hydrogens is 362 g/mol.